The first-order valence-electron chi connectivity index (χ1n) is 7.47. The van der Waals surface area contributed by atoms with Gasteiger partial charge in [0.1, 0.15) is 0 Å². The Morgan fingerprint density at radius 3 is 2.64 bits per heavy atom. The number of benzene rings is 1. The lowest BCUT2D eigenvalue weighted by Crippen LogP contribution is -2.45. The van der Waals surface area contributed by atoms with Crippen LogP contribution in [0, 0.1) is 5.92 Å². The molecule has 0 aromatic heterocycles. The summed E-state index contributed by atoms with van der Waals surface area (Å²) in [6.45, 7) is 1.93. The zero-order valence-electron chi connectivity index (χ0n) is 12.9. The van der Waals surface area contributed by atoms with Gasteiger partial charge in [-0.2, -0.15) is 17.4 Å². The van der Waals surface area contributed by atoms with Crippen LogP contribution < -0.4 is 4.72 Å². The zero-order chi connectivity index (χ0) is 16.0. The van der Waals surface area contributed by atoms with Crippen LogP contribution in [0.4, 0.5) is 0 Å². The highest BCUT2D eigenvalue weighted by Gasteiger charge is 2.27. The van der Waals surface area contributed by atoms with E-state index in [0.717, 1.165) is 24.0 Å². The molecule has 0 radical (unpaired) electrons. The Morgan fingerprint density at radius 2 is 2.00 bits per heavy atom. The first-order valence-corrected chi connectivity index (χ1v) is 8.91. The van der Waals surface area contributed by atoms with E-state index < -0.39 is 10.2 Å². The molecule has 0 bridgehead atoms. The van der Waals surface area contributed by atoms with Crippen LogP contribution in [0.15, 0.2) is 24.3 Å². The highest BCUT2D eigenvalue weighted by Crippen LogP contribution is 2.19. The number of aliphatic hydroxyl groups excluding tert-OH is 1. The Hall–Kier alpha value is -0.990. The predicted molar refractivity (Wildman–Crippen MR) is 84.3 cm³/mol. The lowest BCUT2D eigenvalue weighted by atomic mass is 9.99. The fourth-order valence-corrected chi connectivity index (χ4v) is 3.88. The Labute approximate surface area is 132 Å². The van der Waals surface area contributed by atoms with Gasteiger partial charge in [0.15, 0.2) is 0 Å². The third-order valence-corrected chi connectivity index (χ3v) is 5.50. The van der Waals surface area contributed by atoms with Gasteiger partial charge in [-0.25, -0.2) is 0 Å². The highest BCUT2D eigenvalue weighted by molar-refractivity contribution is 7.87. The zero-order valence-corrected chi connectivity index (χ0v) is 13.7. The fraction of sp³-hybridized carbons (Fsp3) is 0.600. The molecule has 0 unspecified atom stereocenters. The smallest absolute Gasteiger partial charge is 0.279 e. The molecule has 2 N–H and O–H groups in total. The van der Waals surface area contributed by atoms with Gasteiger partial charge < -0.3 is 9.84 Å². The first kappa shape index (κ1) is 17.4. The van der Waals surface area contributed by atoms with Crippen molar-refractivity contribution < 1.29 is 18.3 Å². The molecular weight excluding hydrogens is 304 g/mol. The number of hydrogen-bond donors (Lipinski definition) is 2. The van der Waals surface area contributed by atoms with Gasteiger partial charge in [-0.3, -0.25) is 0 Å². The SMILES string of the molecule is COCC1CCN(S(=O)(=O)NCc2cccc(CO)c2)CC1. The average molecular weight is 328 g/mol. The van der Waals surface area contributed by atoms with E-state index in [1.54, 1.807) is 19.2 Å². The van der Waals surface area contributed by atoms with E-state index in [2.05, 4.69) is 4.72 Å². The Kier molecular flexibility index (Phi) is 6.34. The van der Waals surface area contributed by atoms with Crippen molar-refractivity contribution in [2.45, 2.75) is 26.0 Å². The van der Waals surface area contributed by atoms with Gasteiger partial charge in [0.2, 0.25) is 0 Å². The molecule has 1 aliphatic heterocycles. The third-order valence-electron chi connectivity index (χ3n) is 3.95. The standard InChI is InChI=1S/C15H24N2O4S/c1-21-12-13-5-7-17(8-6-13)22(19,20)16-10-14-3-2-4-15(9-14)11-18/h2-4,9,13,16,18H,5-8,10-12H2,1H3. The second-order valence-corrected chi connectivity index (χ2v) is 7.36. The van der Waals surface area contributed by atoms with E-state index >= 15 is 0 Å². The quantitative estimate of drug-likeness (QED) is 0.778. The summed E-state index contributed by atoms with van der Waals surface area (Å²) in [4.78, 5) is 0. The van der Waals surface area contributed by atoms with Crippen molar-refractivity contribution >= 4 is 10.2 Å². The molecule has 0 saturated carbocycles. The van der Waals surface area contributed by atoms with Crippen molar-refractivity contribution in [3.63, 3.8) is 0 Å². The molecule has 1 aromatic carbocycles. The Morgan fingerprint density at radius 1 is 1.32 bits per heavy atom. The molecule has 1 heterocycles. The van der Waals surface area contributed by atoms with E-state index in [1.807, 2.05) is 12.1 Å². The monoisotopic (exact) mass is 328 g/mol. The molecule has 1 saturated heterocycles. The minimum Gasteiger partial charge on any atom is -0.392 e. The van der Waals surface area contributed by atoms with Crippen LogP contribution in [0.5, 0.6) is 0 Å². The Bertz CT molecular complexity index is 569. The maximum atomic E-state index is 12.3. The number of rotatable bonds is 7. The third kappa shape index (κ3) is 4.76. The van der Waals surface area contributed by atoms with Gasteiger partial charge in [-0.05, 0) is 29.9 Å². The normalized spacial score (nSPS) is 17.7. The Balaban J connectivity index is 1.88. The molecule has 2 rings (SSSR count). The number of aliphatic hydroxyl groups is 1. The molecule has 0 spiro atoms. The minimum atomic E-state index is -3.46. The number of nitrogens with one attached hydrogen (secondary N) is 1. The van der Waals surface area contributed by atoms with Crippen LogP contribution in [-0.2, 0) is 28.1 Å². The van der Waals surface area contributed by atoms with Crippen LogP contribution in [-0.4, -0.2) is 44.6 Å². The lowest BCUT2D eigenvalue weighted by Gasteiger charge is -2.30. The van der Waals surface area contributed by atoms with Gasteiger partial charge in [0, 0.05) is 33.4 Å². The lowest BCUT2D eigenvalue weighted by molar-refractivity contribution is 0.121. The molecule has 6 nitrogen and oxygen atoms in total. The molecule has 0 atom stereocenters. The summed E-state index contributed by atoms with van der Waals surface area (Å²) in [6.07, 6.45) is 1.66. The molecule has 0 aliphatic carbocycles. The minimum absolute atomic E-state index is 0.0480. The molecule has 1 aromatic rings. The van der Waals surface area contributed by atoms with Crippen molar-refractivity contribution in [2.24, 2.45) is 5.92 Å². The average Bonchev–Trinajstić information content (AvgIpc) is 2.54. The van der Waals surface area contributed by atoms with Gasteiger partial charge in [0.25, 0.3) is 10.2 Å². The number of piperidine rings is 1. The van der Waals surface area contributed by atoms with E-state index in [9.17, 15) is 8.42 Å². The summed E-state index contributed by atoms with van der Waals surface area (Å²) in [5, 5.41) is 9.11. The van der Waals surface area contributed by atoms with E-state index in [0.29, 0.717) is 25.6 Å². The molecular formula is C15H24N2O4S. The fourth-order valence-electron chi connectivity index (χ4n) is 2.66. The van der Waals surface area contributed by atoms with Crippen LogP contribution in [0.2, 0.25) is 0 Å². The number of ether oxygens (including phenoxy) is 1. The number of methoxy groups -OCH3 is 1. The molecule has 124 valence electrons. The van der Waals surface area contributed by atoms with Gasteiger partial charge in [-0.1, -0.05) is 24.3 Å². The van der Waals surface area contributed by atoms with Crippen molar-refractivity contribution in [1.29, 1.82) is 0 Å². The van der Waals surface area contributed by atoms with Gasteiger partial charge in [-0.15, -0.1) is 0 Å². The molecule has 0 amide bonds. The van der Waals surface area contributed by atoms with Gasteiger partial charge in [0.05, 0.1) is 6.61 Å². The molecule has 1 fully saturated rings. The van der Waals surface area contributed by atoms with E-state index in [4.69, 9.17) is 9.84 Å². The second-order valence-electron chi connectivity index (χ2n) is 5.60. The van der Waals surface area contributed by atoms with E-state index in [-0.39, 0.29) is 13.2 Å². The maximum Gasteiger partial charge on any atom is 0.279 e. The van der Waals surface area contributed by atoms with Crippen molar-refractivity contribution in [2.75, 3.05) is 26.8 Å². The summed E-state index contributed by atoms with van der Waals surface area (Å²) >= 11 is 0. The largest absolute Gasteiger partial charge is 0.392 e. The first-order chi connectivity index (χ1) is 10.5. The number of hydrogen-bond acceptors (Lipinski definition) is 4. The van der Waals surface area contributed by atoms with Gasteiger partial charge >= 0.3 is 0 Å². The van der Waals surface area contributed by atoms with E-state index in [1.165, 1.54) is 4.31 Å². The molecule has 7 heteroatoms. The van der Waals surface area contributed by atoms with Crippen LogP contribution >= 0.6 is 0 Å². The van der Waals surface area contributed by atoms with Crippen LogP contribution in [0.25, 0.3) is 0 Å². The topological polar surface area (TPSA) is 78.9 Å². The summed E-state index contributed by atoms with van der Waals surface area (Å²) in [5.41, 5.74) is 1.61. The van der Waals surface area contributed by atoms with Crippen molar-refractivity contribution in [3.05, 3.63) is 35.4 Å². The number of nitrogens with zero attached hydrogens (tertiary/aromatic N) is 1. The van der Waals surface area contributed by atoms with Crippen molar-refractivity contribution in [1.82, 2.24) is 9.03 Å². The molecule has 1 aliphatic rings. The molecule has 22 heavy (non-hydrogen) atoms. The predicted octanol–water partition coefficient (Wildman–Crippen LogP) is 0.872. The highest BCUT2D eigenvalue weighted by atomic mass is 32.2. The summed E-state index contributed by atoms with van der Waals surface area (Å²) in [5.74, 6) is 0.442. The van der Waals surface area contributed by atoms with Crippen molar-refractivity contribution in [3.8, 4) is 0 Å². The summed E-state index contributed by atoms with van der Waals surface area (Å²) in [6, 6.07) is 7.25. The van der Waals surface area contributed by atoms with Crippen LogP contribution in [0.3, 0.4) is 0 Å². The van der Waals surface area contributed by atoms with Crippen LogP contribution in [0.1, 0.15) is 24.0 Å². The maximum absolute atomic E-state index is 12.3. The summed E-state index contributed by atoms with van der Waals surface area (Å²) < 4.78 is 33.9. The summed E-state index contributed by atoms with van der Waals surface area (Å²) in [7, 11) is -1.79. The second kappa shape index (κ2) is 8.03.